The summed E-state index contributed by atoms with van der Waals surface area (Å²) in [6.07, 6.45) is -9.12. The fourth-order valence-corrected chi connectivity index (χ4v) is 9.65. The Bertz CT molecular complexity index is 1230. The van der Waals surface area contributed by atoms with Crippen LogP contribution >= 0.6 is 53.2 Å². The summed E-state index contributed by atoms with van der Waals surface area (Å²) in [6.45, 7) is -5.11. The minimum absolute atomic E-state index is 0. The molecular formula is C15H35K9N5O21P7. The van der Waals surface area contributed by atoms with Gasteiger partial charge in [0.25, 0.3) is 0 Å². The van der Waals surface area contributed by atoms with Crippen LogP contribution in [0.25, 0.3) is 0 Å². The zero-order chi connectivity index (χ0) is 38.0. The van der Waals surface area contributed by atoms with E-state index in [2.05, 4.69) is 0 Å². The second-order valence-corrected chi connectivity index (χ2v) is 21.3. The normalized spacial score (nSPS) is 13.2. The van der Waals surface area contributed by atoms with Crippen LogP contribution in [0, 0.1) is 0 Å². The first-order valence-electron chi connectivity index (χ1n) is 12.9. The van der Waals surface area contributed by atoms with Gasteiger partial charge in [0.1, 0.15) is 20.2 Å². The van der Waals surface area contributed by atoms with Crippen LogP contribution in [-0.2, 0) is 32.0 Å². The van der Waals surface area contributed by atoms with Gasteiger partial charge >= 0.3 is 478 Å². The molecule has 0 aliphatic carbocycles. The van der Waals surface area contributed by atoms with Crippen molar-refractivity contribution in [3.63, 3.8) is 0 Å². The number of nitrogens with zero attached hydrogens (tertiary/aromatic N) is 5. The Kier molecular flexibility index (Phi) is 77.4. The standard InChI is InChI=1S/C15H44N5O21P7.9K/c21-42(22,23)9-16(1-3-17(10-43(24,25)26)5-7-19(12-45(30,31)32)13-46(33,34)35)2-4-18(11-44(27,28)29)6-8-20(14-47(36,37)38)15-48(39,40)41;;;;;;;;;/h1-15H2,(H2,21,22,23)(H2,24,25,26)(H2,27,28,29)(H2,30,31,32)(H2,33,34,35)(H2,36,37,38)(H2,39,40,41);;;;;;;;;/q;9*+1/p-9. The van der Waals surface area contributed by atoms with Gasteiger partial charge in [0.15, 0.2) is 0 Å². The Morgan fingerprint density at radius 1 is 0.281 bits per heavy atom. The molecule has 0 aromatic carbocycles. The molecule has 0 aromatic rings. The van der Waals surface area contributed by atoms with E-state index in [0.29, 0.717) is 9.80 Å². The molecular weight excluding hydrogens is 1150 g/mol. The van der Waals surface area contributed by atoms with E-state index in [1.54, 1.807) is 0 Å². The molecule has 0 amide bonds. The largest absolute Gasteiger partial charge is 1.00 e. The maximum Gasteiger partial charge on any atom is 1.00 e. The van der Waals surface area contributed by atoms with Crippen molar-refractivity contribution < 1.29 is 563 Å². The van der Waals surface area contributed by atoms with Crippen LogP contribution in [0.3, 0.4) is 0 Å². The van der Waals surface area contributed by atoms with Crippen LogP contribution in [0.5, 0.6) is 0 Å². The fourth-order valence-electron chi connectivity index (χ4n) is 4.02. The van der Waals surface area contributed by atoms with E-state index in [-0.39, 0.29) is 462 Å². The molecule has 0 aliphatic rings. The first kappa shape index (κ1) is 95.0. The van der Waals surface area contributed by atoms with Gasteiger partial charge in [-0.05, 0) is 0 Å². The molecule has 0 bridgehead atoms. The molecule has 0 rings (SSSR count). The van der Waals surface area contributed by atoms with Gasteiger partial charge in [-0.15, -0.1) is 0 Å². The SMILES string of the molecule is O=P([O-])([O-])CN(CCN(CCN(CP(=O)([O-])[O-])CP(=O)([O-])O)CP(=O)([O-])[O-])CCN(CCN(CP(=O)(O)O)CP(=O)(O)O)CP(=O)([O-])[O-].[K+].[K+].[K+].[K+].[K+].[K+].[K+].[K+].[K+]. The van der Waals surface area contributed by atoms with Crippen molar-refractivity contribution in [2.75, 3.05) is 96.4 Å². The van der Waals surface area contributed by atoms with Crippen LogP contribution in [-0.4, -0.2) is 145 Å². The Labute approximate surface area is 714 Å². The zero-order valence-corrected chi connectivity index (χ0v) is 68.1. The minimum Gasteiger partial charge on any atom is -0.810 e. The van der Waals surface area contributed by atoms with Gasteiger partial charge in [0.2, 0.25) is 0 Å². The summed E-state index contributed by atoms with van der Waals surface area (Å²) in [5, 5.41) is 0. The molecule has 0 fully saturated rings. The molecule has 0 spiro atoms. The number of rotatable bonds is 26. The maximum absolute atomic E-state index is 11.5. The molecule has 1 unspecified atom stereocenters. The molecule has 290 valence electrons. The molecule has 57 heavy (non-hydrogen) atoms. The first-order valence-corrected chi connectivity index (χ1v) is 25.1. The minimum atomic E-state index is -5.43. The molecule has 1 atom stereocenters. The van der Waals surface area contributed by atoms with Crippen molar-refractivity contribution in [2.24, 2.45) is 0 Å². The Morgan fingerprint density at radius 2 is 0.439 bits per heavy atom. The van der Waals surface area contributed by atoms with Crippen LogP contribution in [0.2, 0.25) is 0 Å². The summed E-state index contributed by atoms with van der Waals surface area (Å²) in [7, 11) is -36.7. The van der Waals surface area contributed by atoms with E-state index in [9.17, 15) is 95.6 Å². The van der Waals surface area contributed by atoms with Crippen molar-refractivity contribution in [3.8, 4) is 0 Å². The molecule has 42 heteroatoms. The van der Waals surface area contributed by atoms with E-state index in [1.807, 2.05) is 0 Å². The summed E-state index contributed by atoms with van der Waals surface area (Å²) in [4.78, 5) is 151. The van der Waals surface area contributed by atoms with Gasteiger partial charge in [-0.25, -0.2) is 0 Å². The fraction of sp³-hybridized carbons (Fsp3) is 1.00. The van der Waals surface area contributed by atoms with Crippen molar-refractivity contribution in [3.05, 3.63) is 0 Å². The predicted octanol–water partition coefficient (Wildman–Crippen LogP) is -36.2. The third kappa shape index (κ3) is 69.6. The monoisotopic (exact) mass is 1190 g/mol. The number of hydrogen-bond donors (Lipinski definition) is 5. The Balaban J connectivity index is -0.000000307. The van der Waals surface area contributed by atoms with E-state index in [1.165, 1.54) is 0 Å². The van der Waals surface area contributed by atoms with E-state index in [4.69, 9.17) is 4.89 Å². The van der Waals surface area contributed by atoms with Gasteiger partial charge in [-0.1, -0.05) is 30.4 Å². The van der Waals surface area contributed by atoms with E-state index >= 15 is 0 Å². The topological polar surface area (TPSA) is 444 Å². The smallest absolute Gasteiger partial charge is 0.810 e. The van der Waals surface area contributed by atoms with Crippen molar-refractivity contribution in [1.82, 2.24) is 24.5 Å². The van der Waals surface area contributed by atoms with Crippen LogP contribution in [0.4, 0.5) is 0 Å². The molecule has 0 heterocycles. The molecule has 5 N–H and O–H groups in total. The molecule has 0 aromatic heterocycles. The van der Waals surface area contributed by atoms with Crippen molar-refractivity contribution in [2.45, 2.75) is 0 Å². The average Bonchev–Trinajstić information content (AvgIpc) is 2.75. The summed E-state index contributed by atoms with van der Waals surface area (Å²) < 4.78 is 79.6. The average molecular weight is 1190 g/mol. The molecule has 0 saturated heterocycles. The summed E-state index contributed by atoms with van der Waals surface area (Å²) in [5.41, 5.74) is 0. The van der Waals surface area contributed by atoms with Crippen molar-refractivity contribution >= 4 is 53.2 Å². The molecule has 0 aliphatic heterocycles. The third-order valence-electron chi connectivity index (χ3n) is 5.57. The van der Waals surface area contributed by atoms with Crippen LogP contribution in [0.15, 0.2) is 0 Å². The second-order valence-electron chi connectivity index (χ2n) is 10.5. The van der Waals surface area contributed by atoms with E-state index < -0.39 is 150 Å². The molecule has 0 saturated carbocycles. The summed E-state index contributed by atoms with van der Waals surface area (Å²) in [5.74, 6) is 0. The van der Waals surface area contributed by atoms with Crippen molar-refractivity contribution in [1.29, 1.82) is 0 Å². The van der Waals surface area contributed by atoms with Crippen LogP contribution < -0.4 is 507 Å². The van der Waals surface area contributed by atoms with E-state index in [0.717, 1.165) is 14.7 Å². The molecule has 0 radical (unpaired) electrons. The second kappa shape index (κ2) is 46.5. The maximum atomic E-state index is 11.5. The predicted molar refractivity (Wildman–Crippen MR) is 147 cm³/mol. The Hall–Kier alpha value is 15.6. The third-order valence-corrected chi connectivity index (χ3v) is 10.8. The zero-order valence-electron chi connectivity index (χ0n) is 33.7. The van der Waals surface area contributed by atoms with Crippen LogP contribution in [0.1, 0.15) is 0 Å². The Morgan fingerprint density at radius 3 is 0.596 bits per heavy atom. The van der Waals surface area contributed by atoms with Gasteiger partial charge in [-0.2, -0.15) is 0 Å². The first-order chi connectivity index (χ1) is 21.1. The number of hydrogen-bond acceptors (Lipinski definition) is 21. The quantitative estimate of drug-likeness (QED) is 0.0397. The molecule has 26 nitrogen and oxygen atoms in total. The van der Waals surface area contributed by atoms with Gasteiger partial charge < -0.3 is 91.3 Å². The van der Waals surface area contributed by atoms with Gasteiger partial charge in [0.05, 0.1) is 6.29 Å². The summed E-state index contributed by atoms with van der Waals surface area (Å²) >= 11 is 0. The summed E-state index contributed by atoms with van der Waals surface area (Å²) in [6, 6.07) is 0. The van der Waals surface area contributed by atoms with Gasteiger partial charge in [-0.3, -0.25) is 33.6 Å². The van der Waals surface area contributed by atoms with Gasteiger partial charge in [0, 0.05) is 77.5 Å².